The Hall–Kier alpha value is -2.56. The van der Waals surface area contributed by atoms with Gasteiger partial charge in [0.2, 0.25) is 5.91 Å². The van der Waals surface area contributed by atoms with Gasteiger partial charge in [-0.2, -0.15) is 0 Å². The van der Waals surface area contributed by atoms with Crippen molar-refractivity contribution in [3.63, 3.8) is 0 Å². The maximum absolute atomic E-state index is 13.0. The highest BCUT2D eigenvalue weighted by Crippen LogP contribution is 2.28. The van der Waals surface area contributed by atoms with Crippen molar-refractivity contribution in [2.75, 3.05) is 26.2 Å². The molecule has 1 aliphatic heterocycles. The monoisotopic (exact) mass is 326 g/mol. The molecule has 0 radical (unpaired) electrons. The predicted octanol–water partition coefficient (Wildman–Crippen LogP) is 2.95. The van der Waals surface area contributed by atoms with Gasteiger partial charge >= 0.3 is 0 Å². The molecule has 0 bridgehead atoms. The van der Waals surface area contributed by atoms with Crippen LogP contribution in [-0.2, 0) is 4.79 Å². The highest BCUT2D eigenvalue weighted by molar-refractivity contribution is 6.00. The van der Waals surface area contributed by atoms with Crippen molar-refractivity contribution in [3.8, 4) is 11.3 Å². The highest BCUT2D eigenvalue weighted by atomic mass is 16.3. The van der Waals surface area contributed by atoms with E-state index in [0.717, 1.165) is 17.7 Å². The number of nitrogens with zero attached hydrogens (tertiary/aromatic N) is 2. The average Bonchev–Trinajstić information content (AvgIpc) is 2.81. The van der Waals surface area contributed by atoms with E-state index in [4.69, 9.17) is 4.42 Å². The summed E-state index contributed by atoms with van der Waals surface area (Å²) in [5.41, 5.74) is 1.49. The first kappa shape index (κ1) is 16.3. The van der Waals surface area contributed by atoms with E-state index in [0.29, 0.717) is 37.5 Å². The number of aryl methyl sites for hydroxylation is 1. The van der Waals surface area contributed by atoms with Gasteiger partial charge in [-0.1, -0.05) is 30.3 Å². The third-order valence-corrected chi connectivity index (χ3v) is 4.35. The number of hydrogen-bond donors (Lipinski definition) is 0. The Morgan fingerprint density at radius 2 is 1.67 bits per heavy atom. The zero-order valence-electron chi connectivity index (χ0n) is 14.1. The lowest BCUT2D eigenvalue weighted by atomic mass is 10.1. The third kappa shape index (κ3) is 3.35. The Kier molecular flexibility index (Phi) is 4.69. The zero-order valence-corrected chi connectivity index (χ0v) is 14.1. The van der Waals surface area contributed by atoms with Gasteiger partial charge in [0.15, 0.2) is 0 Å². The lowest BCUT2D eigenvalue weighted by molar-refractivity contribution is -0.128. The normalized spacial score (nSPS) is 15.2. The molecule has 1 aromatic heterocycles. The zero-order chi connectivity index (χ0) is 17.1. The summed E-state index contributed by atoms with van der Waals surface area (Å²) < 4.78 is 5.79. The van der Waals surface area contributed by atoms with Gasteiger partial charge in [-0.15, -0.1) is 0 Å². The molecule has 0 spiro atoms. The molecule has 0 atom stereocenters. The quantitative estimate of drug-likeness (QED) is 0.852. The summed E-state index contributed by atoms with van der Waals surface area (Å²) in [7, 11) is 0. The molecule has 2 heterocycles. The maximum Gasteiger partial charge on any atom is 0.257 e. The fourth-order valence-corrected chi connectivity index (χ4v) is 3.08. The first-order valence-electron chi connectivity index (χ1n) is 8.27. The SMILES string of the molecule is CC(=O)N1CCCN(C(=O)c2cc(C)oc2-c2ccccc2)CC1. The van der Waals surface area contributed by atoms with E-state index >= 15 is 0 Å². The fourth-order valence-electron chi connectivity index (χ4n) is 3.08. The highest BCUT2D eigenvalue weighted by Gasteiger charge is 2.25. The van der Waals surface area contributed by atoms with E-state index in [2.05, 4.69) is 0 Å². The summed E-state index contributed by atoms with van der Waals surface area (Å²) in [5, 5.41) is 0. The minimum absolute atomic E-state index is 0.0314. The second kappa shape index (κ2) is 6.91. The summed E-state index contributed by atoms with van der Waals surface area (Å²) in [6, 6.07) is 11.5. The van der Waals surface area contributed by atoms with E-state index in [1.54, 1.807) is 17.9 Å². The van der Waals surface area contributed by atoms with Crippen LogP contribution in [0, 0.1) is 6.92 Å². The summed E-state index contributed by atoms with van der Waals surface area (Å²) >= 11 is 0. The number of furan rings is 1. The number of benzene rings is 1. The standard InChI is InChI=1S/C19H22N2O3/c1-14-13-17(18(24-14)16-7-4-3-5-8-16)19(23)21-10-6-9-20(11-12-21)15(2)22/h3-5,7-8,13H,6,9-12H2,1-2H3. The number of amides is 2. The molecule has 1 aliphatic rings. The second-order valence-electron chi connectivity index (χ2n) is 6.12. The van der Waals surface area contributed by atoms with Crippen LogP contribution in [0.25, 0.3) is 11.3 Å². The van der Waals surface area contributed by atoms with Crippen LogP contribution in [0.1, 0.15) is 29.5 Å². The molecule has 2 aromatic rings. The minimum atomic E-state index is -0.0314. The van der Waals surface area contributed by atoms with E-state index in [1.165, 1.54) is 0 Å². The summed E-state index contributed by atoms with van der Waals surface area (Å²) in [6.45, 7) is 5.92. The molecule has 1 fully saturated rings. The maximum atomic E-state index is 13.0. The lowest BCUT2D eigenvalue weighted by Gasteiger charge is -2.21. The molecule has 2 amide bonds. The van der Waals surface area contributed by atoms with Crippen molar-refractivity contribution in [1.29, 1.82) is 0 Å². The van der Waals surface area contributed by atoms with Crippen LogP contribution in [-0.4, -0.2) is 47.8 Å². The average molecular weight is 326 g/mol. The number of carbonyl (C=O) groups excluding carboxylic acids is 2. The first-order chi connectivity index (χ1) is 11.6. The van der Waals surface area contributed by atoms with Crippen LogP contribution >= 0.6 is 0 Å². The Bertz CT molecular complexity index is 736. The first-order valence-corrected chi connectivity index (χ1v) is 8.27. The van der Waals surface area contributed by atoms with Crippen molar-refractivity contribution in [1.82, 2.24) is 9.80 Å². The predicted molar refractivity (Wildman–Crippen MR) is 91.7 cm³/mol. The Morgan fingerprint density at radius 1 is 1.00 bits per heavy atom. The molecule has 0 saturated carbocycles. The molecule has 0 N–H and O–H groups in total. The van der Waals surface area contributed by atoms with Gasteiger partial charge in [0.05, 0.1) is 5.56 Å². The van der Waals surface area contributed by atoms with Crippen molar-refractivity contribution in [2.24, 2.45) is 0 Å². The topological polar surface area (TPSA) is 53.8 Å². The van der Waals surface area contributed by atoms with Crippen LogP contribution in [0.4, 0.5) is 0 Å². The Balaban J connectivity index is 1.84. The van der Waals surface area contributed by atoms with Crippen LogP contribution in [0.5, 0.6) is 0 Å². The van der Waals surface area contributed by atoms with Crippen LogP contribution in [0.2, 0.25) is 0 Å². The van der Waals surface area contributed by atoms with E-state index in [1.807, 2.05) is 42.2 Å². The van der Waals surface area contributed by atoms with Crippen LogP contribution in [0.15, 0.2) is 40.8 Å². The van der Waals surface area contributed by atoms with Crippen molar-refractivity contribution >= 4 is 11.8 Å². The van der Waals surface area contributed by atoms with E-state index < -0.39 is 0 Å². The molecule has 5 heteroatoms. The van der Waals surface area contributed by atoms with Gasteiger partial charge in [0.25, 0.3) is 5.91 Å². The molecule has 126 valence electrons. The molecule has 3 rings (SSSR count). The summed E-state index contributed by atoms with van der Waals surface area (Å²) in [5.74, 6) is 1.37. The molecule has 24 heavy (non-hydrogen) atoms. The summed E-state index contributed by atoms with van der Waals surface area (Å²) in [4.78, 5) is 28.2. The fraction of sp³-hybridized carbons (Fsp3) is 0.368. The molecule has 5 nitrogen and oxygen atoms in total. The molecular weight excluding hydrogens is 304 g/mol. The number of hydrogen-bond acceptors (Lipinski definition) is 3. The van der Waals surface area contributed by atoms with Crippen molar-refractivity contribution in [2.45, 2.75) is 20.3 Å². The van der Waals surface area contributed by atoms with Gasteiger partial charge in [-0.3, -0.25) is 9.59 Å². The number of rotatable bonds is 2. The largest absolute Gasteiger partial charge is 0.461 e. The summed E-state index contributed by atoms with van der Waals surface area (Å²) in [6.07, 6.45) is 0.794. The van der Waals surface area contributed by atoms with Crippen LogP contribution < -0.4 is 0 Å². The molecular formula is C19H22N2O3. The van der Waals surface area contributed by atoms with Gasteiger partial charge < -0.3 is 14.2 Å². The Morgan fingerprint density at radius 3 is 2.38 bits per heavy atom. The smallest absolute Gasteiger partial charge is 0.257 e. The molecule has 0 aliphatic carbocycles. The van der Waals surface area contributed by atoms with E-state index in [9.17, 15) is 9.59 Å². The minimum Gasteiger partial charge on any atom is -0.461 e. The van der Waals surface area contributed by atoms with Gasteiger partial charge in [-0.25, -0.2) is 0 Å². The molecule has 1 aromatic carbocycles. The van der Waals surface area contributed by atoms with Crippen molar-refractivity contribution in [3.05, 3.63) is 47.7 Å². The Labute approximate surface area is 141 Å². The van der Waals surface area contributed by atoms with E-state index in [-0.39, 0.29) is 11.8 Å². The second-order valence-corrected chi connectivity index (χ2v) is 6.12. The van der Waals surface area contributed by atoms with Gasteiger partial charge in [-0.05, 0) is 19.4 Å². The van der Waals surface area contributed by atoms with Crippen molar-refractivity contribution < 1.29 is 14.0 Å². The molecule has 0 unspecified atom stereocenters. The van der Waals surface area contributed by atoms with Gasteiger partial charge in [0.1, 0.15) is 11.5 Å². The number of carbonyl (C=O) groups is 2. The molecule has 1 saturated heterocycles. The third-order valence-electron chi connectivity index (χ3n) is 4.35. The van der Waals surface area contributed by atoms with Gasteiger partial charge in [0, 0.05) is 38.7 Å². The van der Waals surface area contributed by atoms with Crippen LogP contribution in [0.3, 0.4) is 0 Å². The lowest BCUT2D eigenvalue weighted by Crippen LogP contribution is -2.36.